The number of ether oxygens (including phenoxy) is 3. The summed E-state index contributed by atoms with van der Waals surface area (Å²) in [5.41, 5.74) is -1.93. The highest BCUT2D eigenvalue weighted by atomic mass is 32.2. The topological polar surface area (TPSA) is 185 Å². The van der Waals surface area contributed by atoms with Gasteiger partial charge in [0.05, 0.1) is 23.9 Å². The van der Waals surface area contributed by atoms with Gasteiger partial charge in [0.25, 0.3) is 5.91 Å². The summed E-state index contributed by atoms with van der Waals surface area (Å²) in [6.45, 7) is 15.2. The van der Waals surface area contributed by atoms with Crippen molar-refractivity contribution >= 4 is 38.7 Å². The molecule has 51 heavy (non-hydrogen) atoms. The number of aliphatic hydroxyl groups is 1. The number of benzene rings is 1. The van der Waals surface area contributed by atoms with E-state index in [1.165, 1.54) is 11.0 Å². The Bertz CT molecular complexity index is 1830. The number of alkyl carbamates (subject to hydrolysis) is 1. The van der Waals surface area contributed by atoms with E-state index >= 15 is 0 Å². The molecule has 6 rings (SSSR count). The van der Waals surface area contributed by atoms with E-state index in [4.69, 9.17) is 14.2 Å². The first-order valence-corrected chi connectivity index (χ1v) is 19.0. The molecule has 3 amide bonds. The number of fused-ring (bicyclic) bond motifs is 3. The lowest BCUT2D eigenvalue weighted by Crippen LogP contribution is -2.62. The second-order valence-corrected chi connectivity index (χ2v) is 18.1. The van der Waals surface area contributed by atoms with Crippen LogP contribution in [0.1, 0.15) is 72.8 Å². The zero-order chi connectivity index (χ0) is 37.1. The van der Waals surface area contributed by atoms with Gasteiger partial charge in [-0.2, -0.15) is 0 Å². The molecule has 0 radical (unpaired) electrons. The molecule has 2 saturated carbocycles. The number of carbonyl (C=O) groups is 3. The number of rotatable bonds is 11. The summed E-state index contributed by atoms with van der Waals surface area (Å²) < 4.78 is 45.4. The number of carbonyl (C=O) groups excluding carboxylic acids is 3. The summed E-state index contributed by atoms with van der Waals surface area (Å²) in [7, 11) is -3.88. The van der Waals surface area contributed by atoms with Gasteiger partial charge in [0.2, 0.25) is 21.8 Å². The fourth-order valence-electron chi connectivity index (χ4n) is 6.97. The van der Waals surface area contributed by atoms with Gasteiger partial charge in [0.15, 0.2) is 0 Å². The van der Waals surface area contributed by atoms with E-state index in [0.717, 1.165) is 28.5 Å². The third-order valence-electron chi connectivity index (χ3n) is 9.93. The van der Waals surface area contributed by atoms with Gasteiger partial charge in [0.1, 0.15) is 29.2 Å². The van der Waals surface area contributed by atoms with Crippen LogP contribution in [0.4, 0.5) is 4.79 Å². The molecule has 0 spiro atoms. The fourth-order valence-corrected chi connectivity index (χ4v) is 8.33. The Morgan fingerprint density at radius 1 is 1.14 bits per heavy atom. The Morgan fingerprint density at radius 3 is 2.49 bits per heavy atom. The molecule has 278 valence electrons. The highest BCUT2D eigenvalue weighted by Crippen LogP contribution is 2.46. The highest BCUT2D eigenvalue weighted by molar-refractivity contribution is 7.91. The fraction of sp³-hybridized carbons (Fsp3) is 0.611. The maximum absolute atomic E-state index is 14.3. The monoisotopic (exact) mass is 727 g/mol. The minimum atomic E-state index is -3.88. The van der Waals surface area contributed by atoms with Crippen molar-refractivity contribution in [3.05, 3.63) is 42.6 Å². The number of nitrogens with one attached hydrogen (secondary N) is 3. The first-order chi connectivity index (χ1) is 23.8. The smallest absolute Gasteiger partial charge is 0.408 e. The zero-order valence-corrected chi connectivity index (χ0v) is 30.8. The quantitative estimate of drug-likeness (QED) is 0.250. The van der Waals surface area contributed by atoms with E-state index in [9.17, 15) is 27.9 Å². The second kappa shape index (κ2) is 13.2. The molecule has 6 atom stereocenters. The van der Waals surface area contributed by atoms with Gasteiger partial charge in [-0.25, -0.2) is 18.2 Å². The van der Waals surface area contributed by atoms with Crippen molar-refractivity contribution in [1.29, 1.82) is 0 Å². The molecule has 1 saturated heterocycles. The lowest BCUT2D eigenvalue weighted by molar-refractivity contribution is -0.136. The number of hydrogen-bond donors (Lipinski definition) is 4. The molecular weight excluding hydrogens is 678 g/mol. The predicted molar refractivity (Wildman–Crippen MR) is 188 cm³/mol. The number of nitrogens with zero attached hydrogens (tertiary/aromatic N) is 2. The van der Waals surface area contributed by atoms with Crippen LogP contribution in [0.3, 0.4) is 0 Å². The summed E-state index contributed by atoms with van der Waals surface area (Å²) in [5, 5.41) is 18.6. The van der Waals surface area contributed by atoms with Crippen molar-refractivity contribution in [2.45, 2.75) is 114 Å². The molecule has 4 aliphatic rings. The van der Waals surface area contributed by atoms with Gasteiger partial charge >= 0.3 is 6.09 Å². The van der Waals surface area contributed by atoms with Crippen LogP contribution in [-0.2, 0) is 30.8 Å². The Kier molecular flexibility index (Phi) is 9.55. The van der Waals surface area contributed by atoms with Gasteiger partial charge < -0.3 is 30.0 Å². The number of pyridine rings is 1. The molecule has 2 aliphatic carbocycles. The average Bonchev–Trinajstić information content (AvgIpc) is 3.92. The maximum atomic E-state index is 14.3. The Hall–Kier alpha value is -3.95. The standard InChI is InChI=1S/C36H49N5O9S/c1-8-21-18-36(21,32(44)40-51(46,47)23-10-11-23)39-29(42)26-17-22(49-30-25-12-9-20-14-16-48-27(20)24(25)13-15-37-30)19-41(26)31(43)28(34(2,3)4)38-33(45)50-35(5,6)7/h8-9,12-13,15,21-23,26,28,31,43H,1,10-11,14,16-19H2,2-7H3,(H,38,45)(H,39,42)(H,40,44)/t21-,22-,26+,28-,31?,36-/m1/s1. The molecule has 3 fully saturated rings. The van der Waals surface area contributed by atoms with Crippen LogP contribution in [-0.4, -0.2) is 95.3 Å². The minimum Gasteiger partial charge on any atom is -0.492 e. The van der Waals surface area contributed by atoms with Gasteiger partial charge in [-0.1, -0.05) is 32.9 Å². The summed E-state index contributed by atoms with van der Waals surface area (Å²) in [6.07, 6.45) is 2.35. The molecule has 1 aromatic heterocycles. The molecule has 14 nitrogen and oxygen atoms in total. The molecule has 2 aromatic rings. The van der Waals surface area contributed by atoms with Gasteiger partial charge in [0, 0.05) is 42.3 Å². The summed E-state index contributed by atoms with van der Waals surface area (Å²) >= 11 is 0. The maximum Gasteiger partial charge on any atom is 0.408 e. The first-order valence-electron chi connectivity index (χ1n) is 17.5. The first kappa shape index (κ1) is 36.8. The van der Waals surface area contributed by atoms with E-state index in [0.29, 0.717) is 25.3 Å². The summed E-state index contributed by atoms with van der Waals surface area (Å²) in [6, 6.07) is 3.81. The Balaban J connectivity index is 1.29. The number of likely N-dealkylation sites (tertiary alicyclic amines) is 1. The van der Waals surface area contributed by atoms with Crippen LogP contribution in [0, 0.1) is 11.3 Å². The summed E-state index contributed by atoms with van der Waals surface area (Å²) in [5.74, 6) is -0.802. The lowest BCUT2D eigenvalue weighted by atomic mass is 9.85. The van der Waals surface area contributed by atoms with E-state index in [2.05, 4.69) is 26.9 Å². The molecule has 1 unspecified atom stereocenters. The second-order valence-electron chi connectivity index (χ2n) is 16.1. The molecule has 2 aliphatic heterocycles. The number of aliphatic hydroxyl groups excluding tert-OH is 1. The SMILES string of the molecule is C=C[C@@H]1C[C@]1(NC(=O)[C@@H]1C[C@@H](Oc2nccc3c4c(ccc23)CCO4)CN1C(O)[C@@H](NC(=O)OC(C)(C)C)C(C)(C)C)C(=O)NS(=O)(=O)C1CC1. The van der Waals surface area contributed by atoms with E-state index in [1.807, 2.05) is 39.0 Å². The predicted octanol–water partition coefficient (Wildman–Crippen LogP) is 2.92. The zero-order valence-electron chi connectivity index (χ0n) is 30.0. The molecule has 4 N–H and O–H groups in total. The molecule has 3 heterocycles. The van der Waals surface area contributed by atoms with Crippen molar-refractivity contribution in [2.75, 3.05) is 13.2 Å². The lowest BCUT2D eigenvalue weighted by Gasteiger charge is -2.40. The van der Waals surface area contributed by atoms with E-state index in [-0.39, 0.29) is 19.4 Å². The van der Waals surface area contributed by atoms with Crippen LogP contribution in [0.2, 0.25) is 0 Å². The number of hydrogen-bond acceptors (Lipinski definition) is 11. The van der Waals surface area contributed by atoms with Crippen LogP contribution in [0.5, 0.6) is 11.6 Å². The number of sulfonamides is 1. The third kappa shape index (κ3) is 7.65. The molecule has 1 aromatic carbocycles. The largest absolute Gasteiger partial charge is 0.492 e. The van der Waals surface area contributed by atoms with Crippen molar-refractivity contribution in [3.8, 4) is 11.6 Å². The van der Waals surface area contributed by atoms with Crippen LogP contribution >= 0.6 is 0 Å². The van der Waals surface area contributed by atoms with Crippen LogP contribution in [0.15, 0.2) is 37.1 Å². The Morgan fingerprint density at radius 2 is 1.86 bits per heavy atom. The van der Waals surface area contributed by atoms with Crippen LogP contribution in [0.25, 0.3) is 10.8 Å². The molecule has 0 bridgehead atoms. The van der Waals surface area contributed by atoms with Crippen molar-refractivity contribution in [2.24, 2.45) is 11.3 Å². The molecular formula is C36H49N5O9S. The highest BCUT2D eigenvalue weighted by Gasteiger charge is 2.62. The van der Waals surface area contributed by atoms with Gasteiger partial charge in [-0.3, -0.25) is 19.2 Å². The van der Waals surface area contributed by atoms with Gasteiger partial charge in [-0.05, 0) is 63.1 Å². The average molecular weight is 728 g/mol. The third-order valence-corrected chi connectivity index (χ3v) is 11.8. The van der Waals surface area contributed by atoms with E-state index in [1.54, 1.807) is 27.0 Å². The number of amides is 3. The minimum absolute atomic E-state index is 0.0570. The van der Waals surface area contributed by atoms with Crippen molar-refractivity contribution < 1.29 is 42.1 Å². The number of aromatic nitrogens is 1. The Labute approximate surface area is 298 Å². The summed E-state index contributed by atoms with van der Waals surface area (Å²) in [4.78, 5) is 46.8. The van der Waals surface area contributed by atoms with Crippen LogP contribution < -0.4 is 24.8 Å². The van der Waals surface area contributed by atoms with E-state index < -0.39 is 80.1 Å². The molecule has 15 heteroatoms. The van der Waals surface area contributed by atoms with Gasteiger partial charge in [-0.15, -0.1) is 6.58 Å². The van der Waals surface area contributed by atoms with Crippen molar-refractivity contribution in [3.63, 3.8) is 0 Å². The van der Waals surface area contributed by atoms with Crippen molar-refractivity contribution in [1.82, 2.24) is 25.2 Å². The normalized spacial score (nSPS) is 26.0.